The zero-order chi connectivity index (χ0) is 40.1. The lowest BCUT2D eigenvalue weighted by molar-refractivity contribution is -0.941. The van der Waals surface area contributed by atoms with Crippen LogP contribution in [0.25, 0.3) is 0 Å². The van der Waals surface area contributed by atoms with Gasteiger partial charge in [0.2, 0.25) is 0 Å². The quantitative estimate of drug-likeness (QED) is 0.0352. The number of unbranched alkanes of at least 4 members (excludes halogenated alkanes) is 30. The van der Waals surface area contributed by atoms with E-state index in [2.05, 4.69) is 87.6 Å². The van der Waals surface area contributed by atoms with Crippen molar-refractivity contribution in [2.75, 3.05) is 19.6 Å². The van der Waals surface area contributed by atoms with Gasteiger partial charge in [-0.1, -0.05) is 222 Å². The second-order valence-corrected chi connectivity index (χ2v) is 17.8. The summed E-state index contributed by atoms with van der Waals surface area (Å²) in [6, 6.07) is 11.5. The summed E-state index contributed by atoms with van der Waals surface area (Å²) < 4.78 is 1.29. The largest absolute Gasteiger partial charge is 0.320 e. The summed E-state index contributed by atoms with van der Waals surface area (Å²) in [5, 5.41) is 0. The Morgan fingerprint density at radius 1 is 0.304 bits per heavy atom. The molecule has 0 unspecified atom stereocenters. The van der Waals surface area contributed by atoms with Crippen LogP contribution >= 0.6 is 0 Å². The summed E-state index contributed by atoms with van der Waals surface area (Å²) in [5.41, 5.74) is 1.54. The summed E-state index contributed by atoms with van der Waals surface area (Å²) >= 11 is 0. The fourth-order valence-corrected chi connectivity index (χ4v) is 8.57. The molecule has 0 aliphatic carbocycles. The summed E-state index contributed by atoms with van der Waals surface area (Å²) in [4.78, 5) is 0. The first-order chi connectivity index (χ1) is 27.8. The smallest absolute Gasteiger partial charge is 0.104 e. The Morgan fingerprint density at radius 3 is 0.839 bits per heavy atom. The van der Waals surface area contributed by atoms with E-state index in [4.69, 9.17) is 0 Å². The van der Waals surface area contributed by atoms with E-state index in [1.54, 1.807) is 0 Å². The van der Waals surface area contributed by atoms with Gasteiger partial charge in [0.15, 0.2) is 0 Å². The van der Waals surface area contributed by atoms with Gasteiger partial charge in [-0.3, -0.25) is 0 Å². The van der Waals surface area contributed by atoms with E-state index in [0.29, 0.717) is 0 Å². The summed E-state index contributed by atoms with van der Waals surface area (Å²) in [7, 11) is 0. The van der Waals surface area contributed by atoms with Crippen molar-refractivity contribution < 1.29 is 4.48 Å². The first kappa shape index (κ1) is 52.4. The molecule has 324 valence electrons. The molecule has 0 aliphatic heterocycles. The lowest BCUT2D eigenvalue weighted by Gasteiger charge is -2.39. The van der Waals surface area contributed by atoms with E-state index >= 15 is 0 Å². The third-order valence-corrected chi connectivity index (χ3v) is 12.3. The SMILES string of the molecule is CCCCCCCCCC/C=C/CCCC[N+](CCCC/C=C/CCCCCCCCCC)(CCCC/C=C/CCCCCCCCCC)Cc1ccccc1. The lowest BCUT2D eigenvalue weighted by atomic mass is 10.1. The molecule has 0 bridgehead atoms. The highest BCUT2D eigenvalue weighted by Crippen LogP contribution is 2.22. The number of hydrogen-bond donors (Lipinski definition) is 0. The number of nitrogens with zero attached hydrogens (tertiary/aromatic N) is 1. The van der Waals surface area contributed by atoms with Gasteiger partial charge in [-0.05, 0) is 96.3 Å². The maximum Gasteiger partial charge on any atom is 0.104 e. The summed E-state index contributed by atoms with van der Waals surface area (Å²) in [5.74, 6) is 0. The minimum absolute atomic E-state index is 1.21. The molecule has 0 fully saturated rings. The van der Waals surface area contributed by atoms with Crippen LogP contribution in [0, 0.1) is 0 Å². The third-order valence-electron chi connectivity index (χ3n) is 12.3. The van der Waals surface area contributed by atoms with Crippen molar-refractivity contribution in [3.8, 4) is 0 Å². The van der Waals surface area contributed by atoms with Crippen molar-refractivity contribution in [3.05, 3.63) is 72.4 Å². The zero-order valence-electron chi connectivity index (χ0n) is 38.6. The van der Waals surface area contributed by atoms with Crippen molar-refractivity contribution in [2.45, 2.75) is 258 Å². The molecule has 0 aromatic heterocycles. The first-order valence-electron chi connectivity index (χ1n) is 25.6. The molecule has 1 heteroatoms. The fraction of sp³-hybridized carbons (Fsp3) is 0.782. The van der Waals surface area contributed by atoms with Crippen LogP contribution in [0.4, 0.5) is 0 Å². The van der Waals surface area contributed by atoms with E-state index in [-0.39, 0.29) is 0 Å². The molecule has 0 saturated carbocycles. The Kier molecular flexibility index (Phi) is 40.2. The highest BCUT2D eigenvalue weighted by Gasteiger charge is 2.26. The Labute approximate surface area is 353 Å². The maximum atomic E-state index is 2.51. The first-order valence-corrected chi connectivity index (χ1v) is 25.6. The number of rotatable bonds is 44. The average molecular weight is 775 g/mol. The Morgan fingerprint density at radius 2 is 0.554 bits per heavy atom. The summed E-state index contributed by atoms with van der Waals surface area (Å²) in [6.45, 7) is 12.1. The van der Waals surface area contributed by atoms with E-state index in [1.165, 1.54) is 267 Å². The van der Waals surface area contributed by atoms with Crippen LogP contribution in [-0.2, 0) is 6.54 Å². The highest BCUT2D eigenvalue weighted by molar-refractivity contribution is 5.13. The Hall–Kier alpha value is -1.60. The van der Waals surface area contributed by atoms with Gasteiger partial charge >= 0.3 is 0 Å². The second-order valence-electron chi connectivity index (χ2n) is 17.8. The molecular formula is C55H100N+. The van der Waals surface area contributed by atoms with Crippen molar-refractivity contribution in [2.24, 2.45) is 0 Å². The molecule has 56 heavy (non-hydrogen) atoms. The predicted octanol–water partition coefficient (Wildman–Crippen LogP) is 18.8. The maximum absolute atomic E-state index is 2.51. The fourth-order valence-electron chi connectivity index (χ4n) is 8.57. The zero-order valence-corrected chi connectivity index (χ0v) is 38.6. The van der Waals surface area contributed by atoms with E-state index < -0.39 is 0 Å². The molecule has 1 aromatic carbocycles. The van der Waals surface area contributed by atoms with E-state index in [0.717, 1.165) is 0 Å². The van der Waals surface area contributed by atoms with Gasteiger partial charge in [-0.15, -0.1) is 0 Å². The van der Waals surface area contributed by atoms with Gasteiger partial charge in [0, 0.05) is 5.56 Å². The predicted molar refractivity (Wildman–Crippen MR) is 256 cm³/mol. The Bertz CT molecular complexity index is 879. The van der Waals surface area contributed by atoms with Crippen LogP contribution in [0.15, 0.2) is 66.8 Å². The summed E-state index contributed by atoms with van der Waals surface area (Å²) in [6.07, 6.45) is 64.7. The number of benzene rings is 1. The molecule has 0 saturated heterocycles. The van der Waals surface area contributed by atoms with Gasteiger partial charge in [-0.2, -0.15) is 0 Å². The monoisotopic (exact) mass is 775 g/mol. The van der Waals surface area contributed by atoms with Gasteiger partial charge in [-0.25, -0.2) is 0 Å². The molecule has 0 aliphatic rings. The van der Waals surface area contributed by atoms with Crippen LogP contribution in [0.3, 0.4) is 0 Å². The molecule has 0 spiro atoms. The topological polar surface area (TPSA) is 0 Å². The molecular weight excluding hydrogens is 675 g/mol. The third kappa shape index (κ3) is 35.6. The molecule has 0 N–H and O–H groups in total. The number of allylic oxidation sites excluding steroid dienone is 6. The van der Waals surface area contributed by atoms with Crippen molar-refractivity contribution >= 4 is 0 Å². The van der Waals surface area contributed by atoms with Gasteiger partial charge in [0.05, 0.1) is 19.6 Å². The molecule has 0 heterocycles. The average Bonchev–Trinajstić information content (AvgIpc) is 3.21. The number of hydrogen-bond acceptors (Lipinski definition) is 0. The Balaban J connectivity index is 2.58. The minimum Gasteiger partial charge on any atom is -0.320 e. The number of quaternary nitrogens is 1. The van der Waals surface area contributed by atoms with Crippen molar-refractivity contribution in [1.29, 1.82) is 0 Å². The van der Waals surface area contributed by atoms with E-state index in [1.807, 2.05) is 0 Å². The van der Waals surface area contributed by atoms with Crippen molar-refractivity contribution in [3.63, 3.8) is 0 Å². The standard InChI is InChI=1S/C55H100N/c1-4-7-10-13-16-19-22-25-28-31-34-37-40-46-51-56(54-55-49-44-43-45-50-55,52-47-41-38-35-32-29-26-23-20-17-14-11-8-5-2)53-48-42-39-36-33-30-27-24-21-18-15-12-9-6-3/h31-36,43-45,49-50H,4-30,37-42,46-48,51-54H2,1-3H3/q+1/b34-31+,35-32+,36-33+. The second kappa shape index (κ2) is 43.0. The van der Waals surface area contributed by atoms with Crippen LogP contribution < -0.4 is 0 Å². The molecule has 1 aromatic rings. The minimum atomic E-state index is 1.21. The van der Waals surface area contributed by atoms with Crippen LogP contribution in [0.1, 0.15) is 257 Å². The molecule has 1 nitrogen and oxygen atoms in total. The van der Waals surface area contributed by atoms with Crippen LogP contribution in [0.5, 0.6) is 0 Å². The highest BCUT2D eigenvalue weighted by atomic mass is 15.3. The molecule has 0 radical (unpaired) electrons. The van der Waals surface area contributed by atoms with Crippen molar-refractivity contribution in [1.82, 2.24) is 0 Å². The molecule has 0 atom stereocenters. The van der Waals surface area contributed by atoms with E-state index in [9.17, 15) is 0 Å². The van der Waals surface area contributed by atoms with Gasteiger partial charge in [0.25, 0.3) is 0 Å². The normalized spacial score (nSPS) is 12.3. The lowest BCUT2D eigenvalue weighted by Crippen LogP contribution is -2.49. The molecule has 1 rings (SSSR count). The van der Waals surface area contributed by atoms with Crippen LogP contribution in [-0.4, -0.2) is 24.1 Å². The van der Waals surface area contributed by atoms with Crippen LogP contribution in [0.2, 0.25) is 0 Å². The van der Waals surface area contributed by atoms with Gasteiger partial charge in [0.1, 0.15) is 6.54 Å². The molecule has 0 amide bonds. The van der Waals surface area contributed by atoms with Gasteiger partial charge < -0.3 is 4.48 Å².